The Morgan fingerprint density at radius 2 is 2.00 bits per heavy atom. The van der Waals surface area contributed by atoms with Crippen LogP contribution < -0.4 is 20.5 Å². The molecule has 0 fully saturated rings. The van der Waals surface area contributed by atoms with Gasteiger partial charge in [0.15, 0.2) is 0 Å². The Morgan fingerprint density at radius 1 is 1.30 bits per heavy atom. The number of hydrogen-bond donors (Lipinski definition) is 2. The van der Waals surface area contributed by atoms with Crippen LogP contribution in [0, 0.1) is 5.41 Å². The fourth-order valence-electron chi connectivity index (χ4n) is 1.88. The van der Waals surface area contributed by atoms with Crippen LogP contribution in [0.1, 0.15) is 30.6 Å². The number of ether oxygens (including phenoxy) is 2. The number of carbonyl (C=O) groups excluding carboxylic acids is 1. The average Bonchev–Trinajstić information content (AvgIpc) is 2.44. The Morgan fingerprint density at radius 3 is 2.55 bits per heavy atom. The minimum atomic E-state index is -0.158. The van der Waals surface area contributed by atoms with Crippen LogP contribution in [0.3, 0.4) is 0 Å². The topological polar surface area (TPSA) is 73.6 Å². The second-order valence-electron chi connectivity index (χ2n) is 5.45. The second kappa shape index (κ2) is 7.14. The number of nitrogens with one attached hydrogen (secondary N) is 1. The molecule has 20 heavy (non-hydrogen) atoms. The van der Waals surface area contributed by atoms with E-state index < -0.39 is 0 Å². The minimum Gasteiger partial charge on any atom is -0.497 e. The zero-order chi connectivity index (χ0) is 15.2. The summed E-state index contributed by atoms with van der Waals surface area (Å²) >= 11 is 0. The van der Waals surface area contributed by atoms with Crippen LogP contribution >= 0.6 is 0 Å². The van der Waals surface area contributed by atoms with Gasteiger partial charge in [-0.1, -0.05) is 13.8 Å². The summed E-state index contributed by atoms with van der Waals surface area (Å²) in [4.78, 5) is 12.2. The lowest BCUT2D eigenvalue weighted by Crippen LogP contribution is -2.35. The first-order chi connectivity index (χ1) is 9.43. The SMILES string of the molecule is COc1ccc(C(=O)NCC(C)(C)CCN)c(OC)c1. The molecule has 112 valence electrons. The van der Waals surface area contributed by atoms with Crippen molar-refractivity contribution in [2.24, 2.45) is 11.1 Å². The molecule has 0 atom stereocenters. The third-order valence-electron chi connectivity index (χ3n) is 3.20. The highest BCUT2D eigenvalue weighted by molar-refractivity contribution is 5.97. The van der Waals surface area contributed by atoms with Gasteiger partial charge in [-0.05, 0) is 30.5 Å². The number of carbonyl (C=O) groups is 1. The molecule has 5 heteroatoms. The van der Waals surface area contributed by atoms with Crippen molar-refractivity contribution in [3.63, 3.8) is 0 Å². The lowest BCUT2D eigenvalue weighted by Gasteiger charge is -2.24. The van der Waals surface area contributed by atoms with Gasteiger partial charge in [-0.3, -0.25) is 4.79 Å². The molecule has 0 saturated heterocycles. The molecular weight excluding hydrogens is 256 g/mol. The third-order valence-corrected chi connectivity index (χ3v) is 3.20. The Hall–Kier alpha value is -1.75. The first kappa shape index (κ1) is 16.3. The zero-order valence-electron chi connectivity index (χ0n) is 12.7. The highest BCUT2D eigenvalue weighted by Crippen LogP contribution is 2.25. The van der Waals surface area contributed by atoms with Crippen LogP contribution in [0.2, 0.25) is 0 Å². The molecule has 1 rings (SSSR count). The molecule has 1 aromatic carbocycles. The summed E-state index contributed by atoms with van der Waals surface area (Å²) in [7, 11) is 3.10. The molecule has 0 aliphatic heterocycles. The molecular formula is C15H24N2O3. The maximum absolute atomic E-state index is 12.2. The van der Waals surface area contributed by atoms with E-state index in [1.165, 1.54) is 7.11 Å². The van der Waals surface area contributed by atoms with Crippen LogP contribution in [0.5, 0.6) is 11.5 Å². The van der Waals surface area contributed by atoms with Crippen molar-refractivity contribution in [1.82, 2.24) is 5.32 Å². The lowest BCUT2D eigenvalue weighted by atomic mass is 9.89. The first-order valence-electron chi connectivity index (χ1n) is 6.64. The van der Waals surface area contributed by atoms with Gasteiger partial charge in [0.05, 0.1) is 19.8 Å². The highest BCUT2D eigenvalue weighted by Gasteiger charge is 2.20. The maximum atomic E-state index is 12.2. The molecule has 0 saturated carbocycles. The lowest BCUT2D eigenvalue weighted by molar-refractivity contribution is 0.0932. The molecule has 0 aliphatic carbocycles. The molecule has 0 aromatic heterocycles. The minimum absolute atomic E-state index is 0.0237. The van der Waals surface area contributed by atoms with E-state index in [0.29, 0.717) is 30.2 Å². The summed E-state index contributed by atoms with van der Waals surface area (Å²) in [5.41, 5.74) is 6.04. The average molecular weight is 280 g/mol. The molecule has 0 aliphatic rings. The maximum Gasteiger partial charge on any atom is 0.255 e. The Labute approximate surface area is 120 Å². The fraction of sp³-hybridized carbons (Fsp3) is 0.533. The number of nitrogens with two attached hydrogens (primary N) is 1. The van der Waals surface area contributed by atoms with Gasteiger partial charge in [-0.2, -0.15) is 0 Å². The largest absolute Gasteiger partial charge is 0.497 e. The van der Waals surface area contributed by atoms with Crippen molar-refractivity contribution >= 4 is 5.91 Å². The van der Waals surface area contributed by atoms with Crippen molar-refractivity contribution in [2.45, 2.75) is 20.3 Å². The van der Waals surface area contributed by atoms with Gasteiger partial charge in [0.2, 0.25) is 0 Å². The van der Waals surface area contributed by atoms with Crippen molar-refractivity contribution in [3.8, 4) is 11.5 Å². The summed E-state index contributed by atoms with van der Waals surface area (Å²) < 4.78 is 10.3. The van der Waals surface area contributed by atoms with E-state index in [2.05, 4.69) is 19.2 Å². The highest BCUT2D eigenvalue weighted by atomic mass is 16.5. The van der Waals surface area contributed by atoms with Crippen LogP contribution in [-0.4, -0.2) is 33.2 Å². The molecule has 3 N–H and O–H groups in total. The number of methoxy groups -OCH3 is 2. The fourth-order valence-corrected chi connectivity index (χ4v) is 1.88. The third kappa shape index (κ3) is 4.42. The van der Waals surface area contributed by atoms with E-state index >= 15 is 0 Å². The van der Waals surface area contributed by atoms with Gasteiger partial charge in [0.1, 0.15) is 11.5 Å². The number of benzene rings is 1. The molecule has 0 unspecified atom stereocenters. The molecule has 1 aromatic rings. The smallest absolute Gasteiger partial charge is 0.255 e. The van der Waals surface area contributed by atoms with Gasteiger partial charge < -0.3 is 20.5 Å². The zero-order valence-corrected chi connectivity index (χ0v) is 12.7. The van der Waals surface area contributed by atoms with E-state index in [1.54, 1.807) is 25.3 Å². The van der Waals surface area contributed by atoms with Gasteiger partial charge in [-0.25, -0.2) is 0 Å². The normalized spacial score (nSPS) is 11.1. The number of amides is 1. The van der Waals surface area contributed by atoms with E-state index in [1.807, 2.05) is 0 Å². The monoisotopic (exact) mass is 280 g/mol. The van der Waals surface area contributed by atoms with Gasteiger partial charge in [0, 0.05) is 12.6 Å². The Kier molecular flexibility index (Phi) is 5.82. The molecule has 5 nitrogen and oxygen atoms in total. The van der Waals surface area contributed by atoms with Crippen molar-refractivity contribution < 1.29 is 14.3 Å². The second-order valence-corrected chi connectivity index (χ2v) is 5.45. The predicted octanol–water partition coefficient (Wildman–Crippen LogP) is 1.81. The first-order valence-corrected chi connectivity index (χ1v) is 6.64. The molecule has 0 radical (unpaired) electrons. The van der Waals surface area contributed by atoms with Crippen LogP contribution in [0.25, 0.3) is 0 Å². The molecule has 0 spiro atoms. The van der Waals surface area contributed by atoms with Crippen LogP contribution in [-0.2, 0) is 0 Å². The molecule has 1 amide bonds. The van der Waals surface area contributed by atoms with E-state index in [-0.39, 0.29) is 11.3 Å². The Bertz CT molecular complexity index is 458. The number of rotatable bonds is 7. The van der Waals surface area contributed by atoms with E-state index in [9.17, 15) is 4.79 Å². The summed E-state index contributed by atoms with van der Waals surface area (Å²) in [5.74, 6) is 0.995. The van der Waals surface area contributed by atoms with Crippen LogP contribution in [0.4, 0.5) is 0 Å². The summed E-state index contributed by atoms with van der Waals surface area (Å²) in [6.07, 6.45) is 0.854. The summed E-state index contributed by atoms with van der Waals surface area (Å²) in [6, 6.07) is 5.13. The van der Waals surface area contributed by atoms with Gasteiger partial charge in [-0.15, -0.1) is 0 Å². The number of hydrogen-bond acceptors (Lipinski definition) is 4. The molecule has 0 heterocycles. The summed E-state index contributed by atoms with van der Waals surface area (Å²) in [5, 5.41) is 2.92. The quantitative estimate of drug-likeness (QED) is 0.799. The van der Waals surface area contributed by atoms with Gasteiger partial charge in [0.25, 0.3) is 5.91 Å². The summed E-state index contributed by atoms with van der Waals surface area (Å²) in [6.45, 7) is 5.32. The predicted molar refractivity (Wildman–Crippen MR) is 79.3 cm³/mol. The van der Waals surface area contributed by atoms with E-state index in [0.717, 1.165) is 6.42 Å². The Balaban J connectivity index is 2.77. The van der Waals surface area contributed by atoms with Crippen LogP contribution in [0.15, 0.2) is 18.2 Å². The standard InChI is InChI=1S/C15H24N2O3/c1-15(2,7-8-16)10-17-14(18)12-6-5-11(19-3)9-13(12)20-4/h5-6,9H,7-8,10,16H2,1-4H3,(H,17,18). The van der Waals surface area contributed by atoms with Crippen molar-refractivity contribution in [1.29, 1.82) is 0 Å². The van der Waals surface area contributed by atoms with Crippen molar-refractivity contribution in [2.75, 3.05) is 27.3 Å². The van der Waals surface area contributed by atoms with Gasteiger partial charge >= 0.3 is 0 Å². The van der Waals surface area contributed by atoms with Crippen molar-refractivity contribution in [3.05, 3.63) is 23.8 Å². The molecule has 0 bridgehead atoms. The van der Waals surface area contributed by atoms with E-state index in [4.69, 9.17) is 15.2 Å².